The number of methoxy groups -OCH3 is 2. The van der Waals surface area contributed by atoms with Crippen LogP contribution in [0.25, 0.3) is 0 Å². The van der Waals surface area contributed by atoms with Crippen LogP contribution in [-0.2, 0) is 14.9 Å². The Labute approximate surface area is 264 Å². The third-order valence-corrected chi connectivity index (χ3v) is 6.71. The van der Waals surface area contributed by atoms with Gasteiger partial charge in [0.2, 0.25) is 5.41 Å². The molecule has 0 spiro atoms. The Hall–Kier alpha value is -5.08. The van der Waals surface area contributed by atoms with Gasteiger partial charge in [0, 0.05) is 14.2 Å². The van der Waals surface area contributed by atoms with Crippen LogP contribution in [0.15, 0.2) is 97.1 Å². The van der Waals surface area contributed by atoms with E-state index in [1.165, 1.54) is 62.8 Å². The molecule has 0 unspecified atom stereocenters. The fourth-order valence-electron chi connectivity index (χ4n) is 4.49. The molecule has 248 valence electrons. The van der Waals surface area contributed by atoms with E-state index in [0.29, 0.717) is 35.8 Å². The van der Waals surface area contributed by atoms with Gasteiger partial charge in [0.25, 0.3) is 0 Å². The number of benzene rings is 4. The van der Waals surface area contributed by atoms with Gasteiger partial charge < -0.3 is 28.4 Å². The topological polar surface area (TPSA) is 89.5 Å². The minimum absolute atomic E-state index is 0.0349. The van der Waals surface area contributed by atoms with Crippen LogP contribution in [0.4, 0.5) is 26.3 Å². The number of esters is 2. The molecule has 0 aromatic heterocycles. The Bertz CT molecular complexity index is 1510. The van der Waals surface area contributed by atoms with Crippen molar-refractivity contribution in [2.75, 3.05) is 27.8 Å². The van der Waals surface area contributed by atoms with Gasteiger partial charge in [-0.1, -0.05) is 24.3 Å². The number of carbonyl (C=O) groups is 2. The van der Waals surface area contributed by atoms with Crippen LogP contribution in [-0.4, -0.2) is 52.1 Å². The summed E-state index contributed by atoms with van der Waals surface area (Å²) >= 11 is 0. The van der Waals surface area contributed by atoms with E-state index in [1.54, 1.807) is 0 Å². The molecule has 0 atom stereocenters. The van der Waals surface area contributed by atoms with E-state index in [-0.39, 0.29) is 36.2 Å². The summed E-state index contributed by atoms with van der Waals surface area (Å²) in [6, 6.07) is 16.9. The second-order valence-electron chi connectivity index (χ2n) is 9.72. The fourth-order valence-corrected chi connectivity index (χ4v) is 4.49. The molecule has 4 aromatic rings. The van der Waals surface area contributed by atoms with E-state index < -0.39 is 40.8 Å². The highest BCUT2D eigenvalue weighted by atomic mass is 19.4. The monoisotopic (exact) mass is 664 g/mol. The molecule has 0 radical (unpaired) electrons. The molecule has 4 rings (SSSR count). The van der Waals surface area contributed by atoms with Gasteiger partial charge in [0.05, 0.1) is 11.1 Å². The Morgan fingerprint density at radius 1 is 0.489 bits per heavy atom. The zero-order valence-electron chi connectivity index (χ0n) is 24.7. The molecule has 0 heterocycles. The molecule has 8 nitrogen and oxygen atoms in total. The zero-order valence-corrected chi connectivity index (χ0v) is 24.7. The Balaban J connectivity index is 1.57. The molecule has 0 N–H and O–H groups in total. The lowest BCUT2D eigenvalue weighted by Crippen LogP contribution is -2.54. The fraction of sp³-hybridized carbons (Fsp3) is 0.212. The number of hydrogen-bond acceptors (Lipinski definition) is 8. The van der Waals surface area contributed by atoms with Gasteiger partial charge in [-0.25, -0.2) is 9.59 Å². The second-order valence-corrected chi connectivity index (χ2v) is 9.72. The van der Waals surface area contributed by atoms with Crippen molar-refractivity contribution in [2.24, 2.45) is 0 Å². The van der Waals surface area contributed by atoms with E-state index in [0.717, 1.165) is 24.3 Å². The van der Waals surface area contributed by atoms with Crippen molar-refractivity contribution in [3.8, 4) is 23.0 Å². The average Bonchev–Trinajstić information content (AvgIpc) is 3.03. The molecule has 0 saturated heterocycles. The predicted octanol–water partition coefficient (Wildman–Crippen LogP) is 7.50. The summed E-state index contributed by atoms with van der Waals surface area (Å²) in [7, 11) is 2.84. The van der Waals surface area contributed by atoms with E-state index >= 15 is 0 Å². The molecule has 0 aliphatic heterocycles. The van der Waals surface area contributed by atoms with E-state index in [9.17, 15) is 35.9 Å². The van der Waals surface area contributed by atoms with Crippen LogP contribution in [0.5, 0.6) is 23.0 Å². The van der Waals surface area contributed by atoms with Crippen LogP contribution < -0.4 is 18.9 Å². The van der Waals surface area contributed by atoms with Crippen LogP contribution in [0.1, 0.15) is 31.8 Å². The average molecular weight is 665 g/mol. The summed E-state index contributed by atoms with van der Waals surface area (Å²) in [5, 5.41) is 0. The van der Waals surface area contributed by atoms with Crippen LogP contribution in [0.2, 0.25) is 0 Å². The number of carbonyl (C=O) groups excluding carboxylic acids is 2. The molecule has 0 amide bonds. The summed E-state index contributed by atoms with van der Waals surface area (Å²) < 4.78 is 118. The molecule has 14 heteroatoms. The third kappa shape index (κ3) is 7.84. The number of alkyl halides is 6. The molecule has 0 fully saturated rings. The maximum Gasteiger partial charge on any atom is 0.411 e. The first-order valence-corrected chi connectivity index (χ1v) is 13.5. The van der Waals surface area contributed by atoms with Gasteiger partial charge in [-0.15, -0.1) is 0 Å². The maximum absolute atomic E-state index is 14.6. The van der Waals surface area contributed by atoms with E-state index in [1.807, 2.05) is 0 Å². The minimum Gasteiger partial charge on any atom is -0.468 e. The molecule has 0 bridgehead atoms. The van der Waals surface area contributed by atoms with Crippen molar-refractivity contribution in [3.05, 3.63) is 119 Å². The zero-order chi connectivity index (χ0) is 34.2. The molecule has 4 aromatic carbocycles. The molecular formula is C33H26F6O8. The number of hydrogen-bond donors (Lipinski definition) is 0. The van der Waals surface area contributed by atoms with Gasteiger partial charge in [-0.2, -0.15) is 26.3 Å². The van der Waals surface area contributed by atoms with Crippen molar-refractivity contribution in [1.29, 1.82) is 0 Å². The highest BCUT2D eigenvalue weighted by Gasteiger charge is 2.72. The predicted molar refractivity (Wildman–Crippen MR) is 154 cm³/mol. The lowest BCUT2D eigenvalue weighted by molar-refractivity contribution is -0.288. The highest BCUT2D eigenvalue weighted by Crippen LogP contribution is 2.56. The van der Waals surface area contributed by atoms with Crippen molar-refractivity contribution in [2.45, 2.75) is 17.8 Å². The number of halogens is 6. The summed E-state index contributed by atoms with van der Waals surface area (Å²) in [6.07, 6.45) is -11.7. The van der Waals surface area contributed by atoms with Crippen LogP contribution in [0.3, 0.4) is 0 Å². The van der Waals surface area contributed by atoms with Gasteiger partial charge in [0.1, 0.15) is 23.0 Å². The minimum atomic E-state index is -5.87. The lowest BCUT2D eigenvalue weighted by Gasteiger charge is -2.38. The second kappa shape index (κ2) is 14.6. The molecular weight excluding hydrogens is 638 g/mol. The van der Waals surface area contributed by atoms with Crippen molar-refractivity contribution < 1.29 is 64.4 Å². The number of rotatable bonds is 12. The summed E-state index contributed by atoms with van der Waals surface area (Å²) in [6.45, 7) is -0.0698. The van der Waals surface area contributed by atoms with Gasteiger partial charge in [-0.05, 0) is 83.9 Å². The summed E-state index contributed by atoms with van der Waals surface area (Å²) in [4.78, 5) is 25.0. The van der Waals surface area contributed by atoms with Crippen LogP contribution in [0, 0.1) is 0 Å². The summed E-state index contributed by atoms with van der Waals surface area (Å²) in [5.74, 6) is -1.64. The van der Waals surface area contributed by atoms with Crippen molar-refractivity contribution >= 4 is 11.9 Å². The largest absolute Gasteiger partial charge is 0.468 e. The molecule has 0 aliphatic rings. The van der Waals surface area contributed by atoms with Crippen molar-refractivity contribution in [1.82, 2.24) is 0 Å². The third-order valence-electron chi connectivity index (χ3n) is 6.71. The highest BCUT2D eigenvalue weighted by molar-refractivity contribution is 5.91. The first-order valence-electron chi connectivity index (χ1n) is 13.5. The smallest absolute Gasteiger partial charge is 0.411 e. The first kappa shape index (κ1) is 34.8. The van der Waals surface area contributed by atoms with Gasteiger partial charge in [-0.3, -0.25) is 0 Å². The Morgan fingerprint density at radius 2 is 0.787 bits per heavy atom. The molecule has 0 saturated carbocycles. The summed E-state index contributed by atoms with van der Waals surface area (Å²) in [5.41, 5.74) is -6.75. The Kier molecular flexibility index (Phi) is 10.8. The first-order chi connectivity index (χ1) is 22.3. The molecule has 0 aliphatic carbocycles. The standard InChI is InChI=1S/C33H26F6O8/c1-42-19-44-25-11-3-21(4-12-25)29(40)46-27-15-7-23(8-16-27)31(32(34,35)36,33(37,38)39)24-9-17-28(18-10-24)47-30(41)22-5-13-26(14-6-22)45-20-43-2/h3-18H,19-20H2,1-2H3. The molecule has 47 heavy (non-hydrogen) atoms. The van der Waals surface area contributed by atoms with Gasteiger partial charge >= 0.3 is 24.3 Å². The lowest BCUT2D eigenvalue weighted by atomic mass is 9.73. The SMILES string of the molecule is COCOc1ccc(C(=O)Oc2ccc(C(c3ccc(OC(=O)c4ccc(OCOC)cc4)cc3)(C(F)(F)F)C(F)(F)F)cc2)cc1. The van der Waals surface area contributed by atoms with E-state index in [4.69, 9.17) is 28.4 Å². The van der Waals surface area contributed by atoms with Crippen LogP contribution >= 0.6 is 0 Å². The number of ether oxygens (including phenoxy) is 6. The maximum atomic E-state index is 14.6. The normalized spacial score (nSPS) is 11.9. The van der Waals surface area contributed by atoms with E-state index in [2.05, 4.69) is 0 Å². The quantitative estimate of drug-likeness (QED) is 0.0666. The van der Waals surface area contributed by atoms with Crippen molar-refractivity contribution in [3.63, 3.8) is 0 Å². The Morgan fingerprint density at radius 3 is 1.06 bits per heavy atom. The van der Waals surface area contributed by atoms with Gasteiger partial charge in [0.15, 0.2) is 13.6 Å².